The van der Waals surface area contributed by atoms with Gasteiger partial charge in [-0.05, 0) is 37.5 Å². The van der Waals surface area contributed by atoms with Crippen molar-refractivity contribution in [1.82, 2.24) is 9.88 Å². The predicted octanol–water partition coefficient (Wildman–Crippen LogP) is 1.41. The summed E-state index contributed by atoms with van der Waals surface area (Å²) in [5.74, 6) is 0.177. The average molecular weight is 316 g/mol. The second-order valence-corrected chi connectivity index (χ2v) is 6.32. The normalized spacial score (nSPS) is 15.9. The number of rotatable bonds is 6. The molecule has 5 nitrogen and oxygen atoms in total. The van der Waals surface area contributed by atoms with E-state index in [-0.39, 0.29) is 12.4 Å². The third kappa shape index (κ3) is 3.17. The minimum absolute atomic E-state index is 0.0479. The zero-order valence-corrected chi connectivity index (χ0v) is 13.5. The lowest BCUT2D eigenvalue weighted by molar-refractivity contribution is 0.0956. The molecule has 1 heterocycles. The van der Waals surface area contributed by atoms with Crippen LogP contribution in [0.1, 0.15) is 34.5 Å². The number of fused-ring (bicyclic) bond motifs is 3. The highest BCUT2D eigenvalue weighted by atomic mass is 16.3. The van der Waals surface area contributed by atoms with E-state index in [1.807, 2.05) is 16.7 Å². The van der Waals surface area contributed by atoms with Gasteiger partial charge in [-0.15, -0.1) is 0 Å². The van der Waals surface area contributed by atoms with Crippen molar-refractivity contribution in [3.63, 3.8) is 0 Å². The van der Waals surface area contributed by atoms with Crippen molar-refractivity contribution in [2.45, 2.75) is 38.8 Å². The maximum absolute atomic E-state index is 12.5. The molecule has 0 bridgehead atoms. The number of aliphatic hydroxyl groups excluding tert-OH is 2. The highest BCUT2D eigenvalue weighted by molar-refractivity contribution is 6.04. The minimum Gasteiger partial charge on any atom is -0.395 e. The monoisotopic (exact) mass is 316 g/mol. The van der Waals surface area contributed by atoms with Gasteiger partial charge < -0.3 is 20.1 Å². The third-order valence-corrected chi connectivity index (χ3v) is 4.48. The quantitative estimate of drug-likeness (QED) is 0.705. The molecule has 0 amide bonds. The molecule has 0 saturated heterocycles. The molecular weight excluding hydrogens is 292 g/mol. The zero-order valence-electron chi connectivity index (χ0n) is 13.5. The summed E-state index contributed by atoms with van der Waals surface area (Å²) in [6.45, 7) is 3.35. The van der Waals surface area contributed by atoms with E-state index in [0.29, 0.717) is 26.1 Å². The number of aromatic nitrogens is 1. The Hall–Kier alpha value is -1.69. The molecule has 0 unspecified atom stereocenters. The Morgan fingerprint density at radius 3 is 2.96 bits per heavy atom. The van der Waals surface area contributed by atoms with Crippen molar-refractivity contribution in [1.29, 1.82) is 0 Å². The maximum atomic E-state index is 12.5. The fraction of sp³-hybridized carbons (Fsp3) is 0.500. The molecule has 0 saturated carbocycles. The molecular formula is C18H24N2O3. The van der Waals surface area contributed by atoms with Crippen molar-refractivity contribution >= 4 is 16.7 Å². The third-order valence-electron chi connectivity index (χ3n) is 4.48. The number of Topliss-reactive ketones (excluding diaryl/α,β-unsaturated/α-hetero) is 1. The first kappa shape index (κ1) is 16.2. The van der Waals surface area contributed by atoms with Crippen LogP contribution >= 0.6 is 0 Å². The summed E-state index contributed by atoms with van der Waals surface area (Å²) in [6, 6.07) is 6.23. The number of carbonyl (C=O) groups is 1. The fourth-order valence-corrected chi connectivity index (χ4v) is 3.47. The smallest absolute Gasteiger partial charge is 0.179 e. The SMILES string of the molecule is Cc1ccc2c(c1)c1c(n2C[C@@H](O)CNCCO)C(=O)CCC1. The van der Waals surface area contributed by atoms with Gasteiger partial charge in [-0.1, -0.05) is 11.6 Å². The van der Waals surface area contributed by atoms with Crippen LogP contribution in [-0.4, -0.2) is 46.4 Å². The van der Waals surface area contributed by atoms with E-state index in [4.69, 9.17) is 5.11 Å². The predicted molar refractivity (Wildman–Crippen MR) is 89.9 cm³/mol. The van der Waals surface area contributed by atoms with Crippen molar-refractivity contribution in [2.24, 2.45) is 0 Å². The van der Waals surface area contributed by atoms with Gasteiger partial charge in [-0.25, -0.2) is 0 Å². The molecule has 0 aliphatic heterocycles. The number of benzene rings is 1. The summed E-state index contributed by atoms with van der Waals surface area (Å²) >= 11 is 0. The standard InChI is InChI=1S/C18H24N2O3/c1-12-5-6-16-15(9-12)14-3-2-4-17(23)18(14)20(16)11-13(22)10-19-7-8-21/h5-6,9,13,19,21-22H,2-4,7-8,10-11H2,1H3/t13-/m0/s1. The van der Waals surface area contributed by atoms with Crippen LogP contribution in [0.15, 0.2) is 18.2 Å². The molecule has 5 heteroatoms. The number of carbonyl (C=O) groups excluding carboxylic acids is 1. The molecule has 0 fully saturated rings. The van der Waals surface area contributed by atoms with Crippen molar-refractivity contribution in [3.8, 4) is 0 Å². The number of hydrogen-bond acceptors (Lipinski definition) is 4. The molecule has 1 atom stereocenters. The molecule has 124 valence electrons. The van der Waals surface area contributed by atoms with Crippen LogP contribution in [0, 0.1) is 6.92 Å². The first-order chi connectivity index (χ1) is 11.1. The van der Waals surface area contributed by atoms with Crippen molar-refractivity contribution in [3.05, 3.63) is 35.0 Å². The molecule has 23 heavy (non-hydrogen) atoms. The van der Waals surface area contributed by atoms with Gasteiger partial charge in [0.2, 0.25) is 0 Å². The fourth-order valence-electron chi connectivity index (χ4n) is 3.47. The summed E-state index contributed by atoms with van der Waals surface area (Å²) in [7, 11) is 0. The van der Waals surface area contributed by atoms with Gasteiger partial charge in [0.05, 0.1) is 24.9 Å². The first-order valence-electron chi connectivity index (χ1n) is 8.26. The number of aryl methyl sites for hydroxylation is 2. The number of aliphatic hydroxyl groups is 2. The topological polar surface area (TPSA) is 74.5 Å². The van der Waals surface area contributed by atoms with E-state index in [1.165, 1.54) is 5.56 Å². The number of hydrogen-bond donors (Lipinski definition) is 3. The Morgan fingerprint density at radius 2 is 2.17 bits per heavy atom. The summed E-state index contributed by atoms with van der Waals surface area (Å²) in [6.07, 6.45) is 1.81. The van der Waals surface area contributed by atoms with Gasteiger partial charge >= 0.3 is 0 Å². The average Bonchev–Trinajstić information content (AvgIpc) is 2.82. The first-order valence-corrected chi connectivity index (χ1v) is 8.26. The highest BCUT2D eigenvalue weighted by Crippen LogP contribution is 2.33. The summed E-state index contributed by atoms with van der Waals surface area (Å²) in [5, 5.41) is 23.2. The van der Waals surface area contributed by atoms with E-state index in [0.717, 1.165) is 35.0 Å². The lowest BCUT2D eigenvalue weighted by Gasteiger charge is -2.18. The van der Waals surface area contributed by atoms with Gasteiger partial charge in [0.1, 0.15) is 0 Å². The molecule has 1 aromatic carbocycles. The Balaban J connectivity index is 1.98. The van der Waals surface area contributed by atoms with E-state index >= 15 is 0 Å². The Kier molecular flexibility index (Phi) is 4.80. The van der Waals surface area contributed by atoms with Gasteiger partial charge in [0.25, 0.3) is 0 Å². The molecule has 0 spiro atoms. The second kappa shape index (κ2) is 6.83. The molecule has 1 aromatic heterocycles. The van der Waals surface area contributed by atoms with E-state index < -0.39 is 6.10 Å². The largest absolute Gasteiger partial charge is 0.395 e. The van der Waals surface area contributed by atoms with Gasteiger partial charge in [0, 0.05) is 30.4 Å². The van der Waals surface area contributed by atoms with Crippen LogP contribution in [0.25, 0.3) is 10.9 Å². The molecule has 2 aromatic rings. The van der Waals surface area contributed by atoms with Crippen molar-refractivity contribution < 1.29 is 15.0 Å². The second-order valence-electron chi connectivity index (χ2n) is 6.32. The van der Waals surface area contributed by atoms with Crippen LogP contribution in [0.4, 0.5) is 0 Å². The number of nitrogens with zero attached hydrogens (tertiary/aromatic N) is 1. The van der Waals surface area contributed by atoms with E-state index in [1.54, 1.807) is 0 Å². The van der Waals surface area contributed by atoms with Crippen LogP contribution in [-0.2, 0) is 13.0 Å². The Morgan fingerprint density at radius 1 is 1.35 bits per heavy atom. The van der Waals surface area contributed by atoms with Gasteiger partial charge in [-0.3, -0.25) is 4.79 Å². The summed E-state index contributed by atoms with van der Waals surface area (Å²) < 4.78 is 1.98. The Labute approximate surface area is 135 Å². The number of ketones is 1. The van der Waals surface area contributed by atoms with Crippen LogP contribution in [0.3, 0.4) is 0 Å². The summed E-state index contributed by atoms with van der Waals surface area (Å²) in [4.78, 5) is 12.5. The molecule has 1 aliphatic carbocycles. The van der Waals surface area contributed by atoms with Crippen LogP contribution in [0.5, 0.6) is 0 Å². The van der Waals surface area contributed by atoms with Gasteiger partial charge in [0.15, 0.2) is 5.78 Å². The molecule has 1 aliphatic rings. The molecule has 3 rings (SSSR count). The molecule has 3 N–H and O–H groups in total. The van der Waals surface area contributed by atoms with E-state index in [9.17, 15) is 9.90 Å². The lowest BCUT2D eigenvalue weighted by Crippen LogP contribution is -2.32. The minimum atomic E-state index is -0.600. The number of nitrogens with one attached hydrogen (secondary N) is 1. The van der Waals surface area contributed by atoms with Crippen molar-refractivity contribution in [2.75, 3.05) is 19.7 Å². The van der Waals surface area contributed by atoms with Crippen LogP contribution in [0.2, 0.25) is 0 Å². The van der Waals surface area contributed by atoms with E-state index in [2.05, 4.69) is 18.3 Å². The van der Waals surface area contributed by atoms with Crippen LogP contribution < -0.4 is 5.32 Å². The highest BCUT2D eigenvalue weighted by Gasteiger charge is 2.26. The zero-order chi connectivity index (χ0) is 16.4. The van der Waals surface area contributed by atoms with Gasteiger partial charge in [-0.2, -0.15) is 0 Å². The molecule has 0 radical (unpaired) electrons. The lowest BCUT2D eigenvalue weighted by atomic mass is 9.94. The maximum Gasteiger partial charge on any atom is 0.179 e. The summed E-state index contributed by atoms with van der Waals surface area (Å²) in [5.41, 5.74) is 4.12. The Bertz CT molecular complexity index is 721.